The van der Waals surface area contributed by atoms with Gasteiger partial charge < -0.3 is 15.1 Å². The molecule has 6 nitrogen and oxygen atoms in total. The summed E-state index contributed by atoms with van der Waals surface area (Å²) in [6, 6.07) is 6.71. The summed E-state index contributed by atoms with van der Waals surface area (Å²) in [5.41, 5.74) is 3.79. The number of anilines is 2. The molecule has 1 atom stereocenters. The summed E-state index contributed by atoms with van der Waals surface area (Å²) >= 11 is 0. The van der Waals surface area contributed by atoms with Crippen LogP contribution in [-0.4, -0.2) is 50.6 Å². The second kappa shape index (κ2) is 5.53. The number of imide groups is 1. The molecule has 2 fully saturated rings. The summed E-state index contributed by atoms with van der Waals surface area (Å²) in [7, 11) is 2.00. The molecule has 1 aromatic carbocycles. The van der Waals surface area contributed by atoms with E-state index in [1.54, 1.807) is 0 Å². The number of carbonyl (C=O) groups excluding carboxylic acids is 2. The van der Waals surface area contributed by atoms with Gasteiger partial charge in [-0.15, -0.1) is 0 Å². The molecule has 3 aliphatic heterocycles. The molecule has 0 aliphatic carbocycles. The van der Waals surface area contributed by atoms with Crippen molar-refractivity contribution in [3.63, 3.8) is 0 Å². The standard InChI is InChI=1S/C17H22N4O2/c1-18-11-9-20(10-11)13-3-2-4-14-12(13)7-8-21(14)15-5-6-16(22)19-17(15)23/h2-4,11,15,18H,5-10H2,1H3,(H,19,22,23)/t15-/m1/s1. The topological polar surface area (TPSA) is 64.7 Å². The van der Waals surface area contributed by atoms with Crippen molar-refractivity contribution in [1.29, 1.82) is 0 Å². The monoisotopic (exact) mass is 314 g/mol. The minimum absolute atomic E-state index is 0.154. The van der Waals surface area contributed by atoms with Crippen LogP contribution in [0.1, 0.15) is 18.4 Å². The van der Waals surface area contributed by atoms with Crippen LogP contribution in [0.4, 0.5) is 11.4 Å². The smallest absolute Gasteiger partial charge is 0.249 e. The van der Waals surface area contributed by atoms with Crippen molar-refractivity contribution in [1.82, 2.24) is 10.6 Å². The number of carbonyl (C=O) groups is 2. The Morgan fingerprint density at radius 3 is 2.70 bits per heavy atom. The lowest BCUT2D eigenvalue weighted by molar-refractivity contribution is -0.134. The number of rotatable bonds is 3. The number of benzene rings is 1. The lowest BCUT2D eigenvalue weighted by atomic mass is 10.0. The average molecular weight is 314 g/mol. The first-order valence-electron chi connectivity index (χ1n) is 8.32. The number of hydrogen-bond donors (Lipinski definition) is 2. The normalized spacial score (nSPS) is 24.5. The van der Waals surface area contributed by atoms with E-state index in [1.807, 2.05) is 7.05 Å². The van der Waals surface area contributed by atoms with Crippen LogP contribution < -0.4 is 20.4 Å². The van der Waals surface area contributed by atoms with Gasteiger partial charge in [0.2, 0.25) is 11.8 Å². The zero-order valence-corrected chi connectivity index (χ0v) is 13.3. The van der Waals surface area contributed by atoms with Crippen LogP contribution in [0.2, 0.25) is 0 Å². The molecule has 0 radical (unpaired) electrons. The number of fused-ring (bicyclic) bond motifs is 1. The Kier molecular flexibility index (Phi) is 3.49. The molecule has 4 rings (SSSR count). The average Bonchev–Trinajstić information content (AvgIpc) is 2.91. The molecule has 0 bridgehead atoms. The van der Waals surface area contributed by atoms with Crippen molar-refractivity contribution in [2.75, 3.05) is 36.5 Å². The first-order chi connectivity index (χ1) is 11.2. The van der Waals surface area contributed by atoms with Crippen LogP contribution in [0.15, 0.2) is 18.2 Å². The third-order valence-corrected chi connectivity index (χ3v) is 5.26. The Bertz CT molecular complexity index is 654. The van der Waals surface area contributed by atoms with E-state index in [4.69, 9.17) is 0 Å². The predicted octanol–water partition coefficient (Wildman–Crippen LogP) is 0.262. The van der Waals surface area contributed by atoms with E-state index in [0.29, 0.717) is 18.9 Å². The zero-order valence-electron chi connectivity index (χ0n) is 13.3. The first kappa shape index (κ1) is 14.5. The molecule has 1 aromatic rings. The van der Waals surface area contributed by atoms with Crippen molar-refractivity contribution in [2.24, 2.45) is 0 Å². The van der Waals surface area contributed by atoms with Gasteiger partial charge in [-0.1, -0.05) is 6.07 Å². The van der Waals surface area contributed by atoms with Crippen molar-refractivity contribution < 1.29 is 9.59 Å². The van der Waals surface area contributed by atoms with E-state index < -0.39 is 0 Å². The minimum Gasteiger partial charge on any atom is -0.368 e. The number of nitrogens with zero attached hydrogens (tertiary/aromatic N) is 2. The molecule has 6 heteroatoms. The number of likely N-dealkylation sites (N-methyl/N-ethyl adjacent to an activating group) is 1. The van der Waals surface area contributed by atoms with Gasteiger partial charge in [0.15, 0.2) is 0 Å². The quantitative estimate of drug-likeness (QED) is 0.784. The molecule has 122 valence electrons. The van der Waals surface area contributed by atoms with Crippen LogP contribution in [0.3, 0.4) is 0 Å². The maximum absolute atomic E-state index is 12.2. The molecule has 23 heavy (non-hydrogen) atoms. The lowest BCUT2D eigenvalue weighted by Crippen LogP contribution is -2.57. The highest BCUT2D eigenvalue weighted by Crippen LogP contribution is 2.39. The number of hydrogen-bond acceptors (Lipinski definition) is 5. The zero-order chi connectivity index (χ0) is 16.0. The largest absolute Gasteiger partial charge is 0.368 e. The maximum atomic E-state index is 12.2. The molecule has 2 saturated heterocycles. The minimum atomic E-state index is -0.217. The van der Waals surface area contributed by atoms with E-state index in [-0.39, 0.29) is 17.9 Å². The maximum Gasteiger partial charge on any atom is 0.249 e. The molecular formula is C17H22N4O2. The summed E-state index contributed by atoms with van der Waals surface area (Å²) < 4.78 is 0. The molecule has 0 saturated carbocycles. The van der Waals surface area contributed by atoms with Gasteiger partial charge in [-0.05, 0) is 32.0 Å². The van der Waals surface area contributed by atoms with Gasteiger partial charge in [0.05, 0.1) is 0 Å². The molecule has 2 amide bonds. The van der Waals surface area contributed by atoms with E-state index in [9.17, 15) is 9.59 Å². The summed E-state index contributed by atoms with van der Waals surface area (Å²) in [6.07, 6.45) is 2.00. The summed E-state index contributed by atoms with van der Waals surface area (Å²) in [6.45, 7) is 2.92. The molecule has 0 aromatic heterocycles. The fourth-order valence-corrected chi connectivity index (χ4v) is 3.90. The SMILES string of the molecule is CNC1CN(c2cccc3c2CCN3[C@@H]2CCC(=O)NC2=O)C1. The van der Waals surface area contributed by atoms with Gasteiger partial charge in [0, 0.05) is 49.0 Å². The van der Waals surface area contributed by atoms with Gasteiger partial charge >= 0.3 is 0 Å². The predicted molar refractivity (Wildman–Crippen MR) is 88.7 cm³/mol. The summed E-state index contributed by atoms with van der Waals surface area (Å²) in [5.74, 6) is -0.309. The Morgan fingerprint density at radius 2 is 1.96 bits per heavy atom. The first-order valence-corrected chi connectivity index (χ1v) is 8.32. The third kappa shape index (κ3) is 2.37. The van der Waals surface area contributed by atoms with E-state index >= 15 is 0 Å². The molecular weight excluding hydrogens is 292 g/mol. The molecule has 3 aliphatic rings. The van der Waals surface area contributed by atoms with Crippen molar-refractivity contribution >= 4 is 23.2 Å². The Labute approximate surface area is 135 Å². The third-order valence-electron chi connectivity index (χ3n) is 5.26. The molecule has 3 heterocycles. The molecule has 0 spiro atoms. The van der Waals surface area contributed by atoms with Gasteiger partial charge in [-0.3, -0.25) is 14.9 Å². The number of nitrogens with one attached hydrogen (secondary N) is 2. The highest BCUT2D eigenvalue weighted by atomic mass is 16.2. The second-order valence-electron chi connectivity index (χ2n) is 6.58. The van der Waals surface area contributed by atoms with Crippen molar-refractivity contribution in [2.45, 2.75) is 31.3 Å². The Hall–Kier alpha value is -2.08. The van der Waals surface area contributed by atoms with Gasteiger partial charge in [0.1, 0.15) is 6.04 Å². The van der Waals surface area contributed by atoms with Crippen LogP contribution in [0, 0.1) is 0 Å². The lowest BCUT2D eigenvalue weighted by Gasteiger charge is -2.42. The number of piperidine rings is 1. The van der Waals surface area contributed by atoms with E-state index in [2.05, 4.69) is 38.6 Å². The van der Waals surface area contributed by atoms with E-state index in [1.165, 1.54) is 11.3 Å². The van der Waals surface area contributed by atoms with Crippen LogP contribution in [0.25, 0.3) is 0 Å². The Morgan fingerprint density at radius 1 is 1.17 bits per heavy atom. The highest BCUT2D eigenvalue weighted by molar-refractivity contribution is 6.02. The fourth-order valence-electron chi connectivity index (χ4n) is 3.90. The highest BCUT2D eigenvalue weighted by Gasteiger charge is 2.37. The second-order valence-corrected chi connectivity index (χ2v) is 6.58. The Balaban J connectivity index is 1.58. The van der Waals surface area contributed by atoms with Crippen LogP contribution >= 0.6 is 0 Å². The summed E-state index contributed by atoms with van der Waals surface area (Å²) in [5, 5.41) is 5.77. The van der Waals surface area contributed by atoms with Crippen molar-refractivity contribution in [3.05, 3.63) is 23.8 Å². The van der Waals surface area contributed by atoms with Crippen LogP contribution in [-0.2, 0) is 16.0 Å². The van der Waals surface area contributed by atoms with Gasteiger partial charge in [-0.25, -0.2) is 0 Å². The van der Waals surface area contributed by atoms with Crippen molar-refractivity contribution in [3.8, 4) is 0 Å². The molecule has 2 N–H and O–H groups in total. The summed E-state index contributed by atoms with van der Waals surface area (Å²) in [4.78, 5) is 28.1. The van der Waals surface area contributed by atoms with Gasteiger partial charge in [0.25, 0.3) is 0 Å². The molecule has 0 unspecified atom stereocenters. The van der Waals surface area contributed by atoms with Gasteiger partial charge in [-0.2, -0.15) is 0 Å². The van der Waals surface area contributed by atoms with Crippen LogP contribution in [0.5, 0.6) is 0 Å². The fraction of sp³-hybridized carbons (Fsp3) is 0.529. The van der Waals surface area contributed by atoms with E-state index in [0.717, 1.165) is 31.7 Å². The number of amides is 2.